The first-order chi connectivity index (χ1) is 9.95. The second-order valence-electron chi connectivity index (χ2n) is 4.95. The molecule has 5 nitrogen and oxygen atoms in total. The van der Waals surface area contributed by atoms with Gasteiger partial charge in [0, 0.05) is 22.1 Å². The molecule has 6 heteroatoms. The van der Waals surface area contributed by atoms with Crippen LogP contribution in [0, 0.1) is 0 Å². The molecule has 1 aromatic heterocycles. The van der Waals surface area contributed by atoms with Crippen LogP contribution in [0.5, 0.6) is 0 Å². The maximum Gasteiger partial charge on any atom is 0.267 e. The summed E-state index contributed by atoms with van der Waals surface area (Å²) in [6.45, 7) is 3.65. The Hall–Kier alpha value is -1.95. The van der Waals surface area contributed by atoms with Gasteiger partial charge in [0.1, 0.15) is 6.54 Å². The second-order valence-corrected chi connectivity index (χ2v) is 5.86. The standard InChI is InChI=1S/C15H16BrN3O2/c1-10(2)17-14(20)9-19-15(21)7-6-13(18-19)11-4-3-5-12(16)8-11/h3-8,10H,9H2,1-2H3,(H,17,20). The molecule has 2 aromatic rings. The lowest BCUT2D eigenvalue weighted by atomic mass is 10.1. The molecule has 0 bridgehead atoms. The summed E-state index contributed by atoms with van der Waals surface area (Å²) < 4.78 is 2.10. The lowest BCUT2D eigenvalue weighted by Crippen LogP contribution is -2.36. The Bertz CT molecular complexity index is 710. The molecule has 0 radical (unpaired) electrons. The third kappa shape index (κ3) is 4.26. The minimum atomic E-state index is -0.298. The number of rotatable bonds is 4. The van der Waals surface area contributed by atoms with Crippen LogP contribution >= 0.6 is 15.9 Å². The predicted molar refractivity (Wildman–Crippen MR) is 84.9 cm³/mol. The number of hydrogen-bond donors (Lipinski definition) is 1. The molecule has 110 valence electrons. The molecular formula is C15H16BrN3O2. The van der Waals surface area contributed by atoms with Crippen LogP contribution < -0.4 is 10.9 Å². The number of hydrogen-bond acceptors (Lipinski definition) is 3. The Morgan fingerprint density at radius 3 is 2.76 bits per heavy atom. The van der Waals surface area contributed by atoms with Gasteiger partial charge < -0.3 is 5.32 Å². The largest absolute Gasteiger partial charge is 0.352 e. The summed E-state index contributed by atoms with van der Waals surface area (Å²) >= 11 is 3.40. The van der Waals surface area contributed by atoms with E-state index >= 15 is 0 Å². The summed E-state index contributed by atoms with van der Waals surface area (Å²) in [4.78, 5) is 23.6. The molecule has 1 heterocycles. The molecule has 0 unspecified atom stereocenters. The number of benzene rings is 1. The normalized spacial score (nSPS) is 10.7. The fourth-order valence-electron chi connectivity index (χ4n) is 1.87. The molecule has 0 spiro atoms. The number of carbonyl (C=O) groups is 1. The molecule has 1 N–H and O–H groups in total. The Balaban J connectivity index is 2.29. The van der Waals surface area contributed by atoms with E-state index in [1.807, 2.05) is 38.1 Å². The number of carbonyl (C=O) groups excluding carboxylic acids is 1. The van der Waals surface area contributed by atoms with Crippen LogP contribution in [0.4, 0.5) is 0 Å². The van der Waals surface area contributed by atoms with Crippen molar-refractivity contribution in [1.29, 1.82) is 0 Å². The van der Waals surface area contributed by atoms with Crippen LogP contribution in [-0.4, -0.2) is 21.7 Å². The van der Waals surface area contributed by atoms with Crippen molar-refractivity contribution in [3.8, 4) is 11.3 Å². The lowest BCUT2D eigenvalue weighted by Gasteiger charge is -2.10. The average Bonchev–Trinajstić information content (AvgIpc) is 2.40. The Labute approximate surface area is 131 Å². The van der Waals surface area contributed by atoms with E-state index in [1.165, 1.54) is 10.7 Å². The molecule has 0 saturated heterocycles. The smallest absolute Gasteiger partial charge is 0.267 e. The Morgan fingerprint density at radius 1 is 1.33 bits per heavy atom. The highest BCUT2D eigenvalue weighted by molar-refractivity contribution is 9.10. The van der Waals surface area contributed by atoms with E-state index in [0.717, 1.165) is 10.0 Å². The maximum absolute atomic E-state index is 11.8. The summed E-state index contributed by atoms with van der Waals surface area (Å²) in [6.07, 6.45) is 0. The Kier molecular flexibility index (Phi) is 4.90. The van der Waals surface area contributed by atoms with Crippen LogP contribution in [0.1, 0.15) is 13.8 Å². The summed E-state index contributed by atoms with van der Waals surface area (Å²) in [5, 5.41) is 6.99. The highest BCUT2D eigenvalue weighted by atomic mass is 79.9. The monoisotopic (exact) mass is 349 g/mol. The van der Waals surface area contributed by atoms with E-state index in [1.54, 1.807) is 6.07 Å². The zero-order valence-electron chi connectivity index (χ0n) is 11.8. The quantitative estimate of drug-likeness (QED) is 0.920. The van der Waals surface area contributed by atoms with Gasteiger partial charge >= 0.3 is 0 Å². The highest BCUT2D eigenvalue weighted by Crippen LogP contribution is 2.20. The van der Waals surface area contributed by atoms with Crippen molar-refractivity contribution in [2.75, 3.05) is 0 Å². The predicted octanol–water partition coefficient (Wildman–Crippen LogP) is 2.20. The molecule has 2 rings (SSSR count). The maximum atomic E-state index is 11.8. The van der Waals surface area contributed by atoms with Gasteiger partial charge in [-0.3, -0.25) is 9.59 Å². The van der Waals surface area contributed by atoms with Crippen LogP contribution in [0.3, 0.4) is 0 Å². The molecule has 0 aliphatic heterocycles. The summed E-state index contributed by atoms with van der Waals surface area (Å²) in [7, 11) is 0. The van der Waals surface area contributed by atoms with Crippen molar-refractivity contribution in [2.24, 2.45) is 0 Å². The van der Waals surface area contributed by atoms with Gasteiger partial charge in [-0.25, -0.2) is 4.68 Å². The molecule has 0 aliphatic carbocycles. The first kappa shape index (κ1) is 15.4. The highest BCUT2D eigenvalue weighted by Gasteiger charge is 2.09. The average molecular weight is 350 g/mol. The van der Waals surface area contributed by atoms with Crippen molar-refractivity contribution in [3.05, 3.63) is 51.2 Å². The molecule has 0 aliphatic rings. The fourth-order valence-corrected chi connectivity index (χ4v) is 2.27. The minimum Gasteiger partial charge on any atom is -0.352 e. The van der Waals surface area contributed by atoms with E-state index in [0.29, 0.717) is 5.69 Å². The molecule has 1 aromatic carbocycles. The van der Waals surface area contributed by atoms with Gasteiger partial charge in [-0.1, -0.05) is 28.1 Å². The van der Waals surface area contributed by atoms with E-state index in [-0.39, 0.29) is 24.1 Å². The molecule has 21 heavy (non-hydrogen) atoms. The van der Waals surface area contributed by atoms with Crippen molar-refractivity contribution in [2.45, 2.75) is 26.4 Å². The van der Waals surface area contributed by atoms with Gasteiger partial charge in [-0.15, -0.1) is 0 Å². The van der Waals surface area contributed by atoms with Gasteiger partial charge in [0.15, 0.2) is 0 Å². The van der Waals surface area contributed by atoms with Crippen LogP contribution in [0.15, 0.2) is 45.7 Å². The first-order valence-corrected chi connectivity index (χ1v) is 7.38. The first-order valence-electron chi connectivity index (χ1n) is 6.59. The third-order valence-electron chi connectivity index (χ3n) is 2.73. The van der Waals surface area contributed by atoms with Crippen molar-refractivity contribution >= 4 is 21.8 Å². The second kappa shape index (κ2) is 6.67. The van der Waals surface area contributed by atoms with Gasteiger partial charge in [-0.2, -0.15) is 5.10 Å². The number of halogens is 1. The minimum absolute atomic E-state index is 0.0291. The van der Waals surface area contributed by atoms with E-state index in [4.69, 9.17) is 0 Å². The lowest BCUT2D eigenvalue weighted by molar-refractivity contribution is -0.122. The van der Waals surface area contributed by atoms with E-state index in [2.05, 4.69) is 26.3 Å². The topological polar surface area (TPSA) is 64.0 Å². The zero-order valence-corrected chi connectivity index (χ0v) is 13.4. The summed E-state index contributed by atoms with van der Waals surface area (Å²) in [5.41, 5.74) is 1.23. The fraction of sp³-hybridized carbons (Fsp3) is 0.267. The van der Waals surface area contributed by atoms with Gasteiger partial charge in [0.2, 0.25) is 5.91 Å². The number of nitrogens with zero attached hydrogens (tertiary/aromatic N) is 2. The molecule has 0 fully saturated rings. The molecule has 1 amide bonds. The van der Waals surface area contributed by atoms with Gasteiger partial charge in [0.05, 0.1) is 5.69 Å². The van der Waals surface area contributed by atoms with Crippen LogP contribution in [0.25, 0.3) is 11.3 Å². The van der Waals surface area contributed by atoms with Crippen molar-refractivity contribution in [1.82, 2.24) is 15.1 Å². The van der Waals surface area contributed by atoms with Gasteiger partial charge in [0.25, 0.3) is 5.56 Å². The molecular weight excluding hydrogens is 334 g/mol. The van der Waals surface area contributed by atoms with E-state index in [9.17, 15) is 9.59 Å². The number of nitrogens with one attached hydrogen (secondary N) is 1. The molecule has 0 atom stereocenters. The van der Waals surface area contributed by atoms with Crippen LogP contribution in [-0.2, 0) is 11.3 Å². The third-order valence-corrected chi connectivity index (χ3v) is 3.22. The number of amides is 1. The Morgan fingerprint density at radius 2 is 2.10 bits per heavy atom. The van der Waals surface area contributed by atoms with Crippen LogP contribution in [0.2, 0.25) is 0 Å². The van der Waals surface area contributed by atoms with E-state index < -0.39 is 0 Å². The molecule has 0 saturated carbocycles. The summed E-state index contributed by atoms with van der Waals surface area (Å²) in [6, 6.07) is 10.7. The number of aromatic nitrogens is 2. The van der Waals surface area contributed by atoms with Gasteiger partial charge in [-0.05, 0) is 32.0 Å². The zero-order chi connectivity index (χ0) is 15.4. The van der Waals surface area contributed by atoms with Crippen molar-refractivity contribution < 1.29 is 4.79 Å². The van der Waals surface area contributed by atoms with Crippen molar-refractivity contribution in [3.63, 3.8) is 0 Å². The summed E-state index contributed by atoms with van der Waals surface area (Å²) in [5.74, 6) is -0.231. The SMILES string of the molecule is CC(C)NC(=O)Cn1nc(-c2cccc(Br)c2)ccc1=O.